The second-order valence-electron chi connectivity index (χ2n) is 4.76. The average Bonchev–Trinajstić information content (AvgIpc) is 2.88. The maximum Gasteiger partial charge on any atom is 0.261 e. The number of ether oxygens (including phenoxy) is 2. The van der Waals surface area contributed by atoms with Crippen LogP contribution in [0.1, 0.15) is 25.3 Å². The van der Waals surface area contributed by atoms with Crippen molar-refractivity contribution in [3.63, 3.8) is 0 Å². The van der Waals surface area contributed by atoms with Gasteiger partial charge >= 0.3 is 0 Å². The summed E-state index contributed by atoms with van der Waals surface area (Å²) in [5.41, 5.74) is 0.698. The molecule has 2 rings (SSSR count). The Labute approximate surface area is 130 Å². The van der Waals surface area contributed by atoms with E-state index in [4.69, 9.17) is 9.47 Å². The molecule has 120 valence electrons. The number of hydrogen-bond acceptors (Lipinski definition) is 5. The molecule has 0 N–H and O–H groups in total. The maximum absolute atomic E-state index is 12.3. The van der Waals surface area contributed by atoms with Crippen LogP contribution in [0.3, 0.4) is 0 Å². The van der Waals surface area contributed by atoms with Crippen molar-refractivity contribution in [2.24, 2.45) is 0 Å². The Morgan fingerprint density at radius 1 is 1.32 bits per heavy atom. The highest BCUT2D eigenvalue weighted by molar-refractivity contribution is 7.92. The fraction of sp³-hybridized carbons (Fsp3) is 0.400. The lowest BCUT2D eigenvalue weighted by atomic mass is 10.2. The number of amides is 1. The summed E-state index contributed by atoms with van der Waals surface area (Å²) in [6.07, 6.45) is 1.31. The van der Waals surface area contributed by atoms with Gasteiger partial charge in [0.2, 0.25) is 5.91 Å². The SMILES string of the molecule is CCOC1CCC(=O)N1S(=O)(=O)C=Cc1ccc(OC)cc1. The molecule has 1 amide bonds. The Bertz CT molecular complexity index is 651. The molecule has 1 fully saturated rings. The summed E-state index contributed by atoms with van der Waals surface area (Å²) in [4.78, 5) is 11.8. The van der Waals surface area contributed by atoms with Gasteiger partial charge in [-0.25, -0.2) is 12.7 Å². The van der Waals surface area contributed by atoms with Crippen LogP contribution in [0.5, 0.6) is 5.75 Å². The Morgan fingerprint density at radius 2 is 2.00 bits per heavy atom. The third kappa shape index (κ3) is 3.66. The fourth-order valence-corrected chi connectivity index (χ4v) is 3.56. The quantitative estimate of drug-likeness (QED) is 0.799. The van der Waals surface area contributed by atoms with Crippen molar-refractivity contribution in [3.8, 4) is 5.75 Å². The van der Waals surface area contributed by atoms with Crippen LogP contribution in [0.4, 0.5) is 0 Å². The van der Waals surface area contributed by atoms with Crippen molar-refractivity contribution < 1.29 is 22.7 Å². The molecule has 7 heteroatoms. The van der Waals surface area contributed by atoms with E-state index in [0.717, 1.165) is 9.71 Å². The summed E-state index contributed by atoms with van der Waals surface area (Å²) in [5, 5.41) is 1.03. The summed E-state index contributed by atoms with van der Waals surface area (Å²) in [6, 6.07) is 6.93. The Hall–Kier alpha value is -1.86. The van der Waals surface area contributed by atoms with Crippen molar-refractivity contribution in [1.82, 2.24) is 4.31 Å². The lowest BCUT2D eigenvalue weighted by molar-refractivity contribution is -0.128. The van der Waals surface area contributed by atoms with Crippen molar-refractivity contribution in [3.05, 3.63) is 35.2 Å². The molecule has 0 aromatic heterocycles. The van der Waals surface area contributed by atoms with Gasteiger partial charge in [0.1, 0.15) is 12.0 Å². The summed E-state index contributed by atoms with van der Waals surface area (Å²) in [7, 11) is -2.29. The fourth-order valence-electron chi connectivity index (χ4n) is 2.23. The third-order valence-electron chi connectivity index (χ3n) is 3.29. The number of carbonyl (C=O) groups excluding carboxylic acids is 1. The van der Waals surface area contributed by atoms with Gasteiger partial charge in [-0.1, -0.05) is 12.1 Å². The van der Waals surface area contributed by atoms with Crippen LogP contribution in [0, 0.1) is 0 Å². The molecule has 0 radical (unpaired) electrons. The van der Waals surface area contributed by atoms with E-state index in [0.29, 0.717) is 24.3 Å². The van der Waals surface area contributed by atoms with Gasteiger partial charge in [0.05, 0.1) is 12.5 Å². The highest BCUT2D eigenvalue weighted by Gasteiger charge is 2.38. The summed E-state index contributed by atoms with van der Waals surface area (Å²) >= 11 is 0. The van der Waals surface area contributed by atoms with Crippen molar-refractivity contribution in [2.75, 3.05) is 13.7 Å². The molecule has 22 heavy (non-hydrogen) atoms. The Morgan fingerprint density at radius 3 is 2.59 bits per heavy atom. The third-order valence-corrected chi connectivity index (χ3v) is 4.76. The maximum atomic E-state index is 12.3. The molecule has 1 saturated heterocycles. The molecule has 0 spiro atoms. The Balaban J connectivity index is 2.18. The molecule has 1 heterocycles. The minimum Gasteiger partial charge on any atom is -0.497 e. The predicted molar refractivity (Wildman–Crippen MR) is 82.4 cm³/mol. The largest absolute Gasteiger partial charge is 0.497 e. The van der Waals surface area contributed by atoms with Crippen LogP contribution in [-0.4, -0.2) is 38.6 Å². The molecule has 0 aliphatic carbocycles. The zero-order valence-electron chi connectivity index (χ0n) is 12.6. The standard InChI is InChI=1S/C15H19NO5S/c1-3-21-15-9-8-14(17)16(15)22(18,19)11-10-12-4-6-13(20-2)7-5-12/h4-7,10-11,15H,3,8-9H2,1-2H3. The number of sulfonamides is 1. The lowest BCUT2D eigenvalue weighted by Gasteiger charge is -2.22. The van der Waals surface area contributed by atoms with Crippen LogP contribution in [-0.2, 0) is 19.6 Å². The number of methoxy groups -OCH3 is 1. The zero-order valence-corrected chi connectivity index (χ0v) is 13.4. The van der Waals surface area contributed by atoms with Gasteiger partial charge in [0.25, 0.3) is 10.0 Å². The van der Waals surface area contributed by atoms with Crippen molar-refractivity contribution in [2.45, 2.75) is 26.0 Å². The molecule has 1 aromatic rings. The first-order valence-electron chi connectivity index (χ1n) is 6.99. The molecule has 0 bridgehead atoms. The number of hydrogen-bond donors (Lipinski definition) is 0. The van der Waals surface area contributed by atoms with Crippen LogP contribution < -0.4 is 4.74 Å². The monoisotopic (exact) mass is 325 g/mol. The molecule has 1 aliphatic heterocycles. The van der Waals surface area contributed by atoms with Crippen LogP contribution >= 0.6 is 0 Å². The van der Waals surface area contributed by atoms with E-state index >= 15 is 0 Å². The molecular weight excluding hydrogens is 306 g/mol. The van der Waals surface area contributed by atoms with Crippen LogP contribution in [0.25, 0.3) is 6.08 Å². The van der Waals surface area contributed by atoms with Crippen LogP contribution in [0.15, 0.2) is 29.7 Å². The minimum absolute atomic E-state index is 0.181. The van der Waals surface area contributed by atoms with E-state index in [1.165, 1.54) is 6.08 Å². The van der Waals surface area contributed by atoms with Crippen molar-refractivity contribution >= 4 is 22.0 Å². The number of carbonyl (C=O) groups is 1. The molecule has 0 saturated carbocycles. The van der Waals surface area contributed by atoms with E-state index in [1.807, 2.05) is 0 Å². The van der Waals surface area contributed by atoms with Gasteiger partial charge in [0, 0.05) is 19.4 Å². The van der Waals surface area contributed by atoms with Gasteiger partial charge < -0.3 is 9.47 Å². The van der Waals surface area contributed by atoms with E-state index < -0.39 is 22.2 Å². The molecular formula is C15H19NO5S. The van der Waals surface area contributed by atoms with E-state index in [1.54, 1.807) is 38.3 Å². The van der Waals surface area contributed by atoms with Gasteiger partial charge in [-0.3, -0.25) is 4.79 Å². The highest BCUT2D eigenvalue weighted by atomic mass is 32.2. The second-order valence-corrected chi connectivity index (χ2v) is 6.45. The summed E-state index contributed by atoms with van der Waals surface area (Å²) in [5.74, 6) is 0.254. The van der Waals surface area contributed by atoms with Gasteiger partial charge in [-0.2, -0.15) is 0 Å². The highest BCUT2D eigenvalue weighted by Crippen LogP contribution is 2.24. The van der Waals surface area contributed by atoms with Gasteiger partial charge in [0.15, 0.2) is 0 Å². The predicted octanol–water partition coefficient (Wildman–Crippen LogP) is 1.98. The summed E-state index contributed by atoms with van der Waals surface area (Å²) in [6.45, 7) is 2.12. The molecule has 1 unspecified atom stereocenters. The first-order valence-corrected chi connectivity index (χ1v) is 8.49. The van der Waals surface area contributed by atoms with E-state index in [9.17, 15) is 13.2 Å². The van der Waals surface area contributed by atoms with Gasteiger partial charge in [-0.15, -0.1) is 0 Å². The normalized spacial score (nSPS) is 19.1. The molecule has 1 aromatic carbocycles. The zero-order chi connectivity index (χ0) is 16.2. The summed E-state index contributed by atoms with van der Waals surface area (Å²) < 4.78 is 35.9. The minimum atomic E-state index is -3.85. The average molecular weight is 325 g/mol. The lowest BCUT2D eigenvalue weighted by Crippen LogP contribution is -2.38. The van der Waals surface area contributed by atoms with Crippen LogP contribution in [0.2, 0.25) is 0 Å². The van der Waals surface area contributed by atoms with E-state index in [-0.39, 0.29) is 6.42 Å². The van der Waals surface area contributed by atoms with E-state index in [2.05, 4.69) is 0 Å². The number of nitrogens with zero attached hydrogens (tertiary/aromatic N) is 1. The number of benzene rings is 1. The Kier molecular flexibility index (Phi) is 5.20. The first-order chi connectivity index (χ1) is 10.5. The smallest absolute Gasteiger partial charge is 0.261 e. The molecule has 1 aliphatic rings. The van der Waals surface area contributed by atoms with Crippen molar-refractivity contribution in [1.29, 1.82) is 0 Å². The number of rotatable bonds is 6. The molecule has 1 atom stereocenters. The second kappa shape index (κ2) is 6.93. The van der Waals surface area contributed by atoms with Gasteiger partial charge in [-0.05, 0) is 30.7 Å². The molecule has 6 nitrogen and oxygen atoms in total. The topological polar surface area (TPSA) is 72.9 Å². The first kappa shape index (κ1) is 16.5.